The number of likely N-dealkylation sites (N-methyl/N-ethyl adjacent to an activating group) is 1. The molecule has 0 bridgehead atoms. The molecule has 2 nitrogen and oxygen atoms in total. The van der Waals surface area contributed by atoms with Gasteiger partial charge in [-0.1, -0.05) is 26.2 Å². The van der Waals surface area contributed by atoms with Gasteiger partial charge in [0.2, 0.25) is 0 Å². The molecule has 0 aromatic heterocycles. The minimum atomic E-state index is -0.179. The number of aliphatic hydroxyl groups excluding tert-OH is 1. The van der Waals surface area contributed by atoms with Gasteiger partial charge in [0.15, 0.2) is 0 Å². The number of hydrogen-bond acceptors (Lipinski definition) is 2. The molecule has 1 saturated carbocycles. The molecule has 1 aliphatic rings. The Morgan fingerprint density at radius 2 is 1.92 bits per heavy atom. The molecule has 1 aliphatic carbocycles. The topological polar surface area (TPSA) is 23.5 Å². The van der Waals surface area contributed by atoms with Gasteiger partial charge < -0.3 is 5.11 Å². The highest BCUT2D eigenvalue weighted by Gasteiger charge is 2.20. The molecule has 13 heavy (non-hydrogen) atoms. The van der Waals surface area contributed by atoms with Gasteiger partial charge in [0.05, 0.1) is 6.10 Å². The van der Waals surface area contributed by atoms with E-state index >= 15 is 0 Å². The molecule has 2 heteroatoms. The zero-order valence-electron chi connectivity index (χ0n) is 9.00. The second kappa shape index (κ2) is 5.61. The molecule has 0 aliphatic heterocycles. The molecule has 0 saturated heterocycles. The number of hydrogen-bond donors (Lipinski definition) is 1. The third kappa shape index (κ3) is 3.65. The summed E-state index contributed by atoms with van der Waals surface area (Å²) < 4.78 is 0. The van der Waals surface area contributed by atoms with Crippen LogP contribution in [0, 0.1) is 0 Å². The van der Waals surface area contributed by atoms with E-state index in [4.69, 9.17) is 0 Å². The average Bonchev–Trinajstić information content (AvgIpc) is 2.15. The Balaban J connectivity index is 2.34. The van der Waals surface area contributed by atoms with Gasteiger partial charge >= 0.3 is 0 Å². The summed E-state index contributed by atoms with van der Waals surface area (Å²) in [6, 6.07) is 0.744. The van der Waals surface area contributed by atoms with Gasteiger partial charge in [0, 0.05) is 12.6 Å². The maximum atomic E-state index is 9.34. The largest absolute Gasteiger partial charge is 0.392 e. The van der Waals surface area contributed by atoms with Crippen molar-refractivity contribution in [1.82, 2.24) is 4.90 Å². The third-order valence-corrected chi connectivity index (χ3v) is 3.00. The van der Waals surface area contributed by atoms with Crippen LogP contribution in [0.25, 0.3) is 0 Å². The highest BCUT2D eigenvalue weighted by atomic mass is 16.3. The lowest BCUT2D eigenvalue weighted by atomic mass is 9.94. The molecule has 78 valence electrons. The van der Waals surface area contributed by atoms with E-state index in [1.807, 2.05) is 6.92 Å². The molecule has 1 unspecified atom stereocenters. The summed E-state index contributed by atoms with van der Waals surface area (Å²) in [6.45, 7) is 6.00. The maximum absolute atomic E-state index is 9.34. The van der Waals surface area contributed by atoms with Crippen LogP contribution >= 0.6 is 0 Å². The molecule has 1 N–H and O–H groups in total. The molecule has 0 heterocycles. The van der Waals surface area contributed by atoms with E-state index in [1.165, 1.54) is 32.1 Å². The minimum Gasteiger partial charge on any atom is -0.392 e. The zero-order chi connectivity index (χ0) is 9.68. The molecule has 1 rings (SSSR count). The van der Waals surface area contributed by atoms with E-state index in [2.05, 4.69) is 11.8 Å². The first-order valence-corrected chi connectivity index (χ1v) is 5.66. The van der Waals surface area contributed by atoms with Crippen molar-refractivity contribution in [1.29, 1.82) is 0 Å². The van der Waals surface area contributed by atoms with Crippen molar-refractivity contribution in [3.05, 3.63) is 0 Å². The molecule has 0 aromatic carbocycles. The van der Waals surface area contributed by atoms with E-state index in [0.717, 1.165) is 19.1 Å². The van der Waals surface area contributed by atoms with E-state index in [9.17, 15) is 5.11 Å². The van der Waals surface area contributed by atoms with Gasteiger partial charge in [0.1, 0.15) is 0 Å². The van der Waals surface area contributed by atoms with Crippen molar-refractivity contribution in [3.8, 4) is 0 Å². The van der Waals surface area contributed by atoms with Crippen molar-refractivity contribution in [2.75, 3.05) is 13.1 Å². The summed E-state index contributed by atoms with van der Waals surface area (Å²) in [5, 5.41) is 9.34. The van der Waals surface area contributed by atoms with Gasteiger partial charge in [-0.3, -0.25) is 4.90 Å². The van der Waals surface area contributed by atoms with Crippen LogP contribution < -0.4 is 0 Å². The first kappa shape index (κ1) is 11.0. The van der Waals surface area contributed by atoms with Crippen LogP contribution in [0.3, 0.4) is 0 Å². The lowest BCUT2D eigenvalue weighted by molar-refractivity contribution is 0.0867. The molecular formula is C11H23NO. The monoisotopic (exact) mass is 185 g/mol. The third-order valence-electron chi connectivity index (χ3n) is 3.00. The highest BCUT2D eigenvalue weighted by molar-refractivity contribution is 4.75. The van der Waals surface area contributed by atoms with Crippen LogP contribution in [-0.2, 0) is 0 Å². The van der Waals surface area contributed by atoms with Crippen LogP contribution in [0.2, 0.25) is 0 Å². The van der Waals surface area contributed by atoms with Gasteiger partial charge in [-0.25, -0.2) is 0 Å². The molecule has 0 amide bonds. The Kier molecular flexibility index (Phi) is 4.74. The number of rotatable bonds is 4. The number of nitrogens with zero attached hydrogens (tertiary/aromatic N) is 1. The Labute approximate surface area is 81.9 Å². The summed E-state index contributed by atoms with van der Waals surface area (Å²) in [7, 11) is 0. The molecule has 0 aromatic rings. The Morgan fingerprint density at radius 3 is 2.38 bits per heavy atom. The fraction of sp³-hybridized carbons (Fsp3) is 1.00. The van der Waals surface area contributed by atoms with Crippen LogP contribution in [0.1, 0.15) is 46.0 Å². The highest BCUT2D eigenvalue weighted by Crippen LogP contribution is 2.22. The SMILES string of the molecule is CCN(CC(C)O)C1CCCCC1. The quantitative estimate of drug-likeness (QED) is 0.724. The van der Waals surface area contributed by atoms with Crippen molar-refractivity contribution >= 4 is 0 Å². The summed E-state index contributed by atoms with van der Waals surface area (Å²) in [6.07, 6.45) is 6.65. The van der Waals surface area contributed by atoms with Gasteiger partial charge in [-0.05, 0) is 26.3 Å². The van der Waals surface area contributed by atoms with E-state index in [0.29, 0.717) is 0 Å². The average molecular weight is 185 g/mol. The molecule has 0 radical (unpaired) electrons. The van der Waals surface area contributed by atoms with Crippen LogP contribution in [0.15, 0.2) is 0 Å². The van der Waals surface area contributed by atoms with E-state index in [-0.39, 0.29) is 6.10 Å². The van der Waals surface area contributed by atoms with Crippen LogP contribution in [0.4, 0.5) is 0 Å². The first-order chi connectivity index (χ1) is 6.24. The van der Waals surface area contributed by atoms with Gasteiger partial charge in [-0.2, -0.15) is 0 Å². The smallest absolute Gasteiger partial charge is 0.0639 e. The summed E-state index contributed by atoms with van der Waals surface area (Å²) in [5.41, 5.74) is 0. The van der Waals surface area contributed by atoms with Crippen molar-refractivity contribution in [2.24, 2.45) is 0 Å². The predicted molar refractivity (Wildman–Crippen MR) is 55.8 cm³/mol. The second-order valence-corrected chi connectivity index (χ2v) is 4.23. The van der Waals surface area contributed by atoms with Crippen LogP contribution in [-0.4, -0.2) is 35.2 Å². The van der Waals surface area contributed by atoms with E-state index < -0.39 is 0 Å². The van der Waals surface area contributed by atoms with Crippen molar-refractivity contribution in [2.45, 2.75) is 58.1 Å². The predicted octanol–water partition coefficient (Wildman–Crippen LogP) is 2.02. The maximum Gasteiger partial charge on any atom is 0.0639 e. The van der Waals surface area contributed by atoms with Crippen molar-refractivity contribution in [3.63, 3.8) is 0 Å². The molecule has 0 spiro atoms. The van der Waals surface area contributed by atoms with Crippen molar-refractivity contribution < 1.29 is 5.11 Å². The Morgan fingerprint density at radius 1 is 1.31 bits per heavy atom. The second-order valence-electron chi connectivity index (χ2n) is 4.23. The van der Waals surface area contributed by atoms with E-state index in [1.54, 1.807) is 0 Å². The summed E-state index contributed by atoms with van der Waals surface area (Å²) in [4.78, 5) is 2.43. The summed E-state index contributed by atoms with van der Waals surface area (Å²) in [5.74, 6) is 0. The fourth-order valence-electron chi connectivity index (χ4n) is 2.32. The summed E-state index contributed by atoms with van der Waals surface area (Å²) >= 11 is 0. The standard InChI is InChI=1S/C11H23NO/c1-3-12(9-10(2)13)11-7-5-4-6-8-11/h10-11,13H,3-9H2,1-2H3. The zero-order valence-corrected chi connectivity index (χ0v) is 9.00. The lowest BCUT2D eigenvalue weighted by Crippen LogP contribution is -2.40. The van der Waals surface area contributed by atoms with Crippen LogP contribution in [0.5, 0.6) is 0 Å². The van der Waals surface area contributed by atoms with Gasteiger partial charge in [-0.15, -0.1) is 0 Å². The molecule has 1 atom stereocenters. The van der Waals surface area contributed by atoms with Gasteiger partial charge in [0.25, 0.3) is 0 Å². The molecule has 1 fully saturated rings. The first-order valence-electron chi connectivity index (χ1n) is 5.66. The number of aliphatic hydroxyl groups is 1. The minimum absolute atomic E-state index is 0.179. The molecular weight excluding hydrogens is 162 g/mol. The Bertz CT molecular complexity index is 130. The normalized spacial score (nSPS) is 22.2. The lowest BCUT2D eigenvalue weighted by Gasteiger charge is -2.34. The Hall–Kier alpha value is -0.0800. The fourth-order valence-corrected chi connectivity index (χ4v) is 2.32.